The van der Waals surface area contributed by atoms with Gasteiger partial charge in [-0.1, -0.05) is 30.0 Å². The van der Waals surface area contributed by atoms with Gasteiger partial charge in [-0.05, 0) is 42.3 Å². The first-order valence-electron chi connectivity index (χ1n) is 7.57. The minimum absolute atomic E-state index is 0.130. The molecule has 1 fully saturated rings. The van der Waals surface area contributed by atoms with Gasteiger partial charge >= 0.3 is 0 Å². The molecule has 128 valence electrons. The maximum absolute atomic E-state index is 13.6. The molecule has 0 aromatic heterocycles. The Bertz CT molecular complexity index is 853. The van der Waals surface area contributed by atoms with Crippen LogP contribution in [-0.2, 0) is 11.3 Å². The van der Waals surface area contributed by atoms with E-state index in [2.05, 4.69) is 5.32 Å². The van der Waals surface area contributed by atoms with Crippen LogP contribution in [0.25, 0.3) is 0 Å². The van der Waals surface area contributed by atoms with Crippen molar-refractivity contribution in [1.82, 2.24) is 4.90 Å². The van der Waals surface area contributed by atoms with Crippen molar-refractivity contribution in [1.29, 1.82) is 0 Å². The average molecular weight is 358 g/mol. The van der Waals surface area contributed by atoms with Crippen LogP contribution in [0.15, 0.2) is 42.5 Å². The smallest absolute Gasteiger partial charge is 0.289 e. The largest absolute Gasteiger partial charge is 0.322 e. The van der Waals surface area contributed by atoms with Crippen LogP contribution >= 0.6 is 11.8 Å². The number of amides is 3. The molecule has 25 heavy (non-hydrogen) atoms. The number of hydrogen-bond acceptors (Lipinski definition) is 4. The van der Waals surface area contributed by atoms with Gasteiger partial charge in [-0.15, -0.1) is 0 Å². The second-order valence-corrected chi connectivity index (χ2v) is 6.58. The number of thioether (sulfide) groups is 1. The van der Waals surface area contributed by atoms with Gasteiger partial charge in [0.25, 0.3) is 11.1 Å². The molecule has 7 heteroatoms. The molecule has 0 radical (unpaired) electrons. The lowest BCUT2D eigenvalue weighted by molar-refractivity contribution is -0.125. The summed E-state index contributed by atoms with van der Waals surface area (Å²) in [5, 5.41) is 2.35. The monoisotopic (exact) mass is 358 g/mol. The molecule has 0 spiro atoms. The van der Waals surface area contributed by atoms with Crippen LogP contribution < -0.4 is 5.32 Å². The third-order valence-electron chi connectivity index (χ3n) is 3.80. The van der Waals surface area contributed by atoms with Crippen molar-refractivity contribution in [2.75, 3.05) is 11.1 Å². The summed E-state index contributed by atoms with van der Waals surface area (Å²) in [4.78, 5) is 36.8. The number of benzene rings is 2. The Balaban J connectivity index is 1.74. The van der Waals surface area contributed by atoms with Crippen LogP contribution in [0, 0.1) is 12.7 Å². The van der Waals surface area contributed by atoms with Crippen LogP contribution in [0.5, 0.6) is 0 Å². The van der Waals surface area contributed by atoms with E-state index in [0.29, 0.717) is 22.4 Å². The highest BCUT2D eigenvalue weighted by molar-refractivity contribution is 8.14. The van der Waals surface area contributed by atoms with Crippen LogP contribution in [0.1, 0.15) is 21.5 Å². The van der Waals surface area contributed by atoms with Gasteiger partial charge < -0.3 is 5.32 Å². The van der Waals surface area contributed by atoms with E-state index in [4.69, 9.17) is 0 Å². The lowest BCUT2D eigenvalue weighted by Crippen LogP contribution is -2.28. The summed E-state index contributed by atoms with van der Waals surface area (Å²) in [6.45, 7) is 1.77. The Labute approximate surface area is 148 Å². The molecule has 3 rings (SSSR count). The summed E-state index contributed by atoms with van der Waals surface area (Å²) >= 11 is 0.970. The Kier molecular flexibility index (Phi) is 4.85. The third kappa shape index (κ3) is 3.88. The SMILES string of the molecule is Cc1ccc(NC(=O)c2cccc(CN3C(=O)CSC3=O)c2)cc1F. The van der Waals surface area contributed by atoms with Gasteiger partial charge in [0.15, 0.2) is 0 Å². The summed E-state index contributed by atoms with van der Waals surface area (Å²) in [6, 6.07) is 11.1. The normalized spacial score (nSPS) is 14.1. The van der Waals surface area contributed by atoms with Crippen molar-refractivity contribution >= 4 is 34.5 Å². The molecule has 0 unspecified atom stereocenters. The number of carbonyl (C=O) groups is 3. The van der Waals surface area contributed by atoms with Crippen LogP contribution in [0.3, 0.4) is 0 Å². The van der Waals surface area contributed by atoms with Crippen molar-refractivity contribution < 1.29 is 18.8 Å². The lowest BCUT2D eigenvalue weighted by Gasteiger charge is -2.13. The first-order valence-corrected chi connectivity index (χ1v) is 8.56. The number of anilines is 1. The summed E-state index contributed by atoms with van der Waals surface area (Å²) < 4.78 is 13.6. The van der Waals surface area contributed by atoms with Gasteiger partial charge in [0, 0.05) is 11.3 Å². The molecular weight excluding hydrogens is 343 g/mol. The topological polar surface area (TPSA) is 66.5 Å². The third-order valence-corrected chi connectivity index (χ3v) is 4.66. The quantitative estimate of drug-likeness (QED) is 0.907. The average Bonchev–Trinajstić information content (AvgIpc) is 2.90. The van der Waals surface area contributed by atoms with Crippen molar-refractivity contribution in [3.05, 3.63) is 65.0 Å². The van der Waals surface area contributed by atoms with Gasteiger partial charge in [0.1, 0.15) is 5.82 Å². The van der Waals surface area contributed by atoms with Crippen molar-refractivity contribution in [3.63, 3.8) is 0 Å². The number of halogens is 1. The number of hydrogen-bond donors (Lipinski definition) is 1. The number of nitrogens with zero attached hydrogens (tertiary/aromatic N) is 1. The minimum Gasteiger partial charge on any atom is -0.322 e. The molecule has 1 heterocycles. The molecule has 1 saturated heterocycles. The van der Waals surface area contributed by atoms with E-state index >= 15 is 0 Å². The Morgan fingerprint density at radius 2 is 2.04 bits per heavy atom. The van der Waals surface area contributed by atoms with Crippen LogP contribution in [-0.4, -0.2) is 27.7 Å². The Hall–Kier alpha value is -2.67. The van der Waals surface area contributed by atoms with E-state index < -0.39 is 11.7 Å². The highest BCUT2D eigenvalue weighted by atomic mass is 32.2. The van der Waals surface area contributed by atoms with E-state index in [0.717, 1.165) is 16.7 Å². The fourth-order valence-electron chi connectivity index (χ4n) is 2.40. The maximum Gasteiger partial charge on any atom is 0.289 e. The van der Waals surface area contributed by atoms with E-state index in [9.17, 15) is 18.8 Å². The molecule has 0 atom stereocenters. The van der Waals surface area contributed by atoms with Gasteiger partial charge in [0.05, 0.1) is 12.3 Å². The molecule has 2 aromatic rings. The lowest BCUT2D eigenvalue weighted by atomic mass is 10.1. The number of imide groups is 1. The fourth-order valence-corrected chi connectivity index (χ4v) is 3.13. The molecule has 1 N–H and O–H groups in total. The summed E-state index contributed by atoms with van der Waals surface area (Å²) in [7, 11) is 0. The fraction of sp³-hybridized carbons (Fsp3) is 0.167. The second-order valence-electron chi connectivity index (χ2n) is 5.65. The van der Waals surface area contributed by atoms with Crippen molar-refractivity contribution in [3.8, 4) is 0 Å². The van der Waals surface area contributed by atoms with Crippen molar-refractivity contribution in [2.45, 2.75) is 13.5 Å². The zero-order valence-corrected chi connectivity index (χ0v) is 14.2. The standard InChI is InChI=1S/C18H15FN2O3S/c1-11-5-6-14(8-15(11)19)20-17(23)13-4-2-3-12(7-13)9-21-16(22)10-25-18(21)24/h2-8H,9-10H2,1H3,(H,20,23). The highest BCUT2D eigenvalue weighted by Crippen LogP contribution is 2.22. The number of nitrogens with one attached hydrogen (secondary N) is 1. The molecule has 5 nitrogen and oxygen atoms in total. The van der Waals surface area contributed by atoms with Crippen LogP contribution in [0.4, 0.5) is 14.9 Å². The molecule has 3 amide bonds. The van der Waals surface area contributed by atoms with Gasteiger partial charge in [-0.3, -0.25) is 19.3 Å². The molecule has 1 aliphatic heterocycles. The number of carbonyl (C=O) groups excluding carboxylic acids is 3. The predicted octanol–water partition coefficient (Wildman–Crippen LogP) is 3.58. The van der Waals surface area contributed by atoms with Crippen molar-refractivity contribution in [2.24, 2.45) is 0 Å². The molecule has 0 bridgehead atoms. The zero-order chi connectivity index (χ0) is 18.0. The summed E-state index contributed by atoms with van der Waals surface area (Å²) in [5.74, 6) is -0.869. The molecular formula is C18H15FN2O3S. The van der Waals surface area contributed by atoms with Gasteiger partial charge in [-0.25, -0.2) is 4.39 Å². The zero-order valence-electron chi connectivity index (χ0n) is 13.4. The highest BCUT2D eigenvalue weighted by Gasteiger charge is 2.29. The second kappa shape index (κ2) is 7.06. The van der Waals surface area contributed by atoms with E-state index in [1.165, 1.54) is 6.07 Å². The summed E-state index contributed by atoms with van der Waals surface area (Å²) in [5.41, 5.74) is 1.90. The van der Waals surface area contributed by atoms with E-state index in [1.807, 2.05) is 0 Å². The van der Waals surface area contributed by atoms with Gasteiger partial charge in [0.2, 0.25) is 5.91 Å². The maximum atomic E-state index is 13.6. The molecule has 0 saturated carbocycles. The number of rotatable bonds is 4. The van der Waals surface area contributed by atoms with E-state index in [1.54, 1.807) is 43.3 Å². The minimum atomic E-state index is -0.393. The molecule has 1 aliphatic rings. The first kappa shape index (κ1) is 17.2. The molecule has 2 aromatic carbocycles. The van der Waals surface area contributed by atoms with Gasteiger partial charge in [-0.2, -0.15) is 0 Å². The Morgan fingerprint density at radius 1 is 1.24 bits per heavy atom. The van der Waals surface area contributed by atoms with Crippen LogP contribution in [0.2, 0.25) is 0 Å². The predicted molar refractivity (Wildman–Crippen MR) is 93.9 cm³/mol. The first-order chi connectivity index (χ1) is 11.9. The summed E-state index contributed by atoms with van der Waals surface area (Å²) in [6.07, 6.45) is 0. The molecule has 0 aliphatic carbocycles. The Morgan fingerprint density at radius 3 is 2.72 bits per heavy atom. The van der Waals surface area contributed by atoms with E-state index in [-0.39, 0.29) is 23.4 Å². The number of aryl methyl sites for hydroxylation is 1.